The standard InChI is InChI=1S/C15H22N2O2/c1-11(2)16-12-7-6-10-17(15(12)18)13-8-4-5-9-14(13)19-3/h4-5,8-9,11-12,16H,6-7,10H2,1-3H3. The van der Waals surface area contributed by atoms with Crippen molar-refractivity contribution in [3.05, 3.63) is 24.3 Å². The van der Waals surface area contributed by atoms with Gasteiger partial charge in [-0.05, 0) is 25.0 Å². The molecule has 104 valence electrons. The molecule has 1 aromatic carbocycles. The average Bonchev–Trinajstić information content (AvgIpc) is 2.41. The number of benzene rings is 1. The molecule has 1 aromatic rings. The van der Waals surface area contributed by atoms with E-state index in [9.17, 15) is 4.79 Å². The van der Waals surface area contributed by atoms with Gasteiger partial charge in [0.05, 0.1) is 18.8 Å². The largest absolute Gasteiger partial charge is 0.495 e. The van der Waals surface area contributed by atoms with E-state index < -0.39 is 0 Å². The number of nitrogens with zero attached hydrogens (tertiary/aromatic N) is 1. The lowest BCUT2D eigenvalue weighted by atomic mass is 10.0. The van der Waals surface area contributed by atoms with Crippen molar-refractivity contribution in [3.63, 3.8) is 0 Å². The minimum atomic E-state index is -0.0846. The molecule has 1 saturated heterocycles. The van der Waals surface area contributed by atoms with Crippen LogP contribution < -0.4 is 15.0 Å². The monoisotopic (exact) mass is 262 g/mol. The maximum atomic E-state index is 12.5. The van der Waals surface area contributed by atoms with E-state index in [2.05, 4.69) is 19.2 Å². The SMILES string of the molecule is COc1ccccc1N1CCCC(NC(C)C)C1=O. The summed E-state index contributed by atoms with van der Waals surface area (Å²) >= 11 is 0. The molecule has 1 atom stereocenters. The van der Waals surface area contributed by atoms with Gasteiger partial charge in [0.1, 0.15) is 5.75 Å². The number of para-hydroxylation sites is 2. The lowest BCUT2D eigenvalue weighted by Gasteiger charge is -2.34. The van der Waals surface area contributed by atoms with Crippen molar-refractivity contribution in [2.75, 3.05) is 18.6 Å². The molecule has 1 unspecified atom stereocenters. The highest BCUT2D eigenvalue weighted by molar-refractivity contribution is 5.99. The number of anilines is 1. The zero-order valence-corrected chi connectivity index (χ0v) is 11.8. The van der Waals surface area contributed by atoms with Crippen molar-refractivity contribution < 1.29 is 9.53 Å². The number of rotatable bonds is 4. The summed E-state index contributed by atoms with van der Waals surface area (Å²) in [5.41, 5.74) is 0.866. The van der Waals surface area contributed by atoms with E-state index in [-0.39, 0.29) is 11.9 Å². The van der Waals surface area contributed by atoms with Gasteiger partial charge in [0.2, 0.25) is 5.91 Å². The molecule has 0 bridgehead atoms. The van der Waals surface area contributed by atoms with Gasteiger partial charge in [-0.2, -0.15) is 0 Å². The van der Waals surface area contributed by atoms with E-state index in [0.29, 0.717) is 6.04 Å². The van der Waals surface area contributed by atoms with E-state index in [1.807, 2.05) is 29.2 Å². The number of carbonyl (C=O) groups is 1. The first kappa shape index (κ1) is 13.9. The van der Waals surface area contributed by atoms with Gasteiger partial charge < -0.3 is 15.0 Å². The summed E-state index contributed by atoms with van der Waals surface area (Å²) in [6, 6.07) is 7.91. The van der Waals surface area contributed by atoms with Crippen LogP contribution in [-0.4, -0.2) is 31.6 Å². The van der Waals surface area contributed by atoms with Crippen LogP contribution in [0.15, 0.2) is 24.3 Å². The minimum Gasteiger partial charge on any atom is -0.495 e. The Labute approximate surface area is 114 Å². The van der Waals surface area contributed by atoms with E-state index >= 15 is 0 Å². The fourth-order valence-electron chi connectivity index (χ4n) is 2.52. The second-order valence-corrected chi connectivity index (χ2v) is 5.18. The third-order valence-corrected chi connectivity index (χ3v) is 3.35. The van der Waals surface area contributed by atoms with Crippen LogP contribution in [-0.2, 0) is 4.79 Å². The van der Waals surface area contributed by atoms with Gasteiger partial charge in [-0.1, -0.05) is 26.0 Å². The predicted octanol–water partition coefficient (Wildman–Crippen LogP) is 2.19. The van der Waals surface area contributed by atoms with Gasteiger partial charge >= 0.3 is 0 Å². The van der Waals surface area contributed by atoms with E-state index in [1.54, 1.807) is 7.11 Å². The van der Waals surface area contributed by atoms with Crippen molar-refractivity contribution in [3.8, 4) is 5.75 Å². The molecular formula is C15H22N2O2. The molecule has 1 amide bonds. The van der Waals surface area contributed by atoms with Crippen molar-refractivity contribution in [1.29, 1.82) is 0 Å². The summed E-state index contributed by atoms with van der Waals surface area (Å²) in [4.78, 5) is 14.4. The second-order valence-electron chi connectivity index (χ2n) is 5.18. The minimum absolute atomic E-state index is 0.0846. The Bertz CT molecular complexity index is 446. The molecular weight excluding hydrogens is 240 g/mol. The highest BCUT2D eigenvalue weighted by Gasteiger charge is 2.30. The number of ether oxygens (including phenoxy) is 1. The summed E-state index contributed by atoms with van der Waals surface area (Å²) in [6.45, 7) is 4.89. The quantitative estimate of drug-likeness (QED) is 0.904. The third-order valence-electron chi connectivity index (χ3n) is 3.35. The summed E-state index contributed by atoms with van der Waals surface area (Å²) in [6.07, 6.45) is 1.91. The zero-order valence-electron chi connectivity index (χ0n) is 11.8. The van der Waals surface area contributed by atoms with Gasteiger partial charge in [-0.3, -0.25) is 4.79 Å². The second kappa shape index (κ2) is 6.06. The Morgan fingerprint density at radius 3 is 2.79 bits per heavy atom. The normalized spacial score (nSPS) is 19.9. The van der Waals surface area contributed by atoms with Crippen LogP contribution >= 0.6 is 0 Å². The number of hydrogen-bond donors (Lipinski definition) is 1. The van der Waals surface area contributed by atoms with Gasteiger partial charge in [0.25, 0.3) is 0 Å². The summed E-state index contributed by atoms with van der Waals surface area (Å²) in [7, 11) is 1.64. The summed E-state index contributed by atoms with van der Waals surface area (Å²) < 4.78 is 5.35. The highest BCUT2D eigenvalue weighted by atomic mass is 16.5. The smallest absolute Gasteiger partial charge is 0.244 e. The number of nitrogens with one attached hydrogen (secondary N) is 1. The van der Waals surface area contributed by atoms with Crippen molar-refractivity contribution in [1.82, 2.24) is 5.32 Å². The van der Waals surface area contributed by atoms with Crippen LogP contribution in [0, 0.1) is 0 Å². The molecule has 1 fully saturated rings. The molecule has 1 heterocycles. The first-order chi connectivity index (χ1) is 9.13. The maximum absolute atomic E-state index is 12.5. The Morgan fingerprint density at radius 1 is 1.37 bits per heavy atom. The molecule has 4 nitrogen and oxygen atoms in total. The number of amides is 1. The zero-order chi connectivity index (χ0) is 13.8. The molecule has 4 heteroatoms. The first-order valence-corrected chi connectivity index (χ1v) is 6.84. The van der Waals surface area contributed by atoms with Crippen molar-refractivity contribution in [2.45, 2.75) is 38.8 Å². The van der Waals surface area contributed by atoms with Gasteiger partial charge in [0.15, 0.2) is 0 Å². The summed E-state index contributed by atoms with van der Waals surface area (Å²) in [5.74, 6) is 0.894. The molecule has 0 radical (unpaired) electrons. The van der Waals surface area contributed by atoms with Gasteiger partial charge in [-0.15, -0.1) is 0 Å². The van der Waals surface area contributed by atoms with E-state index in [1.165, 1.54) is 0 Å². The predicted molar refractivity (Wildman–Crippen MR) is 76.6 cm³/mol. The number of hydrogen-bond acceptors (Lipinski definition) is 3. The molecule has 0 aromatic heterocycles. The molecule has 0 saturated carbocycles. The number of carbonyl (C=O) groups excluding carboxylic acids is 1. The number of piperidine rings is 1. The van der Waals surface area contributed by atoms with Crippen molar-refractivity contribution in [2.24, 2.45) is 0 Å². The Hall–Kier alpha value is -1.55. The van der Waals surface area contributed by atoms with Crippen LogP contribution in [0.2, 0.25) is 0 Å². The molecule has 1 aliphatic heterocycles. The van der Waals surface area contributed by atoms with Crippen LogP contribution in [0.4, 0.5) is 5.69 Å². The average molecular weight is 262 g/mol. The van der Waals surface area contributed by atoms with Crippen molar-refractivity contribution >= 4 is 11.6 Å². The van der Waals surface area contributed by atoms with Gasteiger partial charge in [-0.25, -0.2) is 0 Å². The fraction of sp³-hybridized carbons (Fsp3) is 0.533. The van der Waals surface area contributed by atoms with E-state index in [0.717, 1.165) is 30.8 Å². The first-order valence-electron chi connectivity index (χ1n) is 6.84. The maximum Gasteiger partial charge on any atom is 0.244 e. The Morgan fingerprint density at radius 2 is 2.11 bits per heavy atom. The molecule has 19 heavy (non-hydrogen) atoms. The lowest BCUT2D eigenvalue weighted by molar-refractivity contribution is -0.122. The molecule has 1 aliphatic rings. The molecule has 1 N–H and O–H groups in total. The highest BCUT2D eigenvalue weighted by Crippen LogP contribution is 2.30. The molecule has 0 spiro atoms. The fourth-order valence-corrected chi connectivity index (χ4v) is 2.52. The van der Waals surface area contributed by atoms with Crippen LogP contribution in [0.1, 0.15) is 26.7 Å². The Balaban J connectivity index is 2.21. The van der Waals surface area contributed by atoms with Crippen LogP contribution in [0.3, 0.4) is 0 Å². The van der Waals surface area contributed by atoms with E-state index in [4.69, 9.17) is 4.74 Å². The summed E-state index contributed by atoms with van der Waals surface area (Å²) in [5, 5.41) is 3.34. The lowest BCUT2D eigenvalue weighted by Crippen LogP contribution is -2.52. The van der Waals surface area contributed by atoms with Crippen LogP contribution in [0.25, 0.3) is 0 Å². The molecule has 2 rings (SSSR count). The number of methoxy groups -OCH3 is 1. The van der Waals surface area contributed by atoms with Gasteiger partial charge in [0, 0.05) is 12.6 Å². The van der Waals surface area contributed by atoms with Crippen LogP contribution in [0.5, 0.6) is 5.75 Å². The topological polar surface area (TPSA) is 41.6 Å². The Kier molecular flexibility index (Phi) is 4.43. The third kappa shape index (κ3) is 3.07. The molecule has 0 aliphatic carbocycles.